The first-order chi connectivity index (χ1) is 47.6. The van der Waals surface area contributed by atoms with Crippen molar-refractivity contribution in [3.8, 4) is 0 Å². The first kappa shape index (κ1) is 91.6. The summed E-state index contributed by atoms with van der Waals surface area (Å²) in [6, 6.07) is 0. The van der Waals surface area contributed by atoms with Gasteiger partial charge in [0.05, 0.1) is 40.3 Å². The number of allylic oxidation sites excluding steroid dienone is 28. The second kappa shape index (κ2) is 76.4. The summed E-state index contributed by atoms with van der Waals surface area (Å²) in [7, 11) is 5.91. The van der Waals surface area contributed by atoms with Gasteiger partial charge in [-0.25, -0.2) is 0 Å². The van der Waals surface area contributed by atoms with Crippen LogP contribution in [0.4, 0.5) is 0 Å². The number of rotatable bonds is 71. The third-order valence-corrected chi connectivity index (χ3v) is 16.4. The van der Waals surface area contributed by atoms with Gasteiger partial charge in [-0.1, -0.05) is 332 Å². The van der Waals surface area contributed by atoms with Crippen molar-refractivity contribution in [2.45, 2.75) is 322 Å². The molecule has 0 radical (unpaired) electrons. The van der Waals surface area contributed by atoms with Crippen molar-refractivity contribution in [1.29, 1.82) is 0 Å². The highest BCUT2D eigenvalue weighted by molar-refractivity contribution is 5.70. The molecule has 2 atom stereocenters. The van der Waals surface area contributed by atoms with Gasteiger partial charge in [0.25, 0.3) is 0 Å². The quantitative estimate of drug-likeness (QED) is 0.0195. The number of carboxylic acids is 1. The number of hydrogen-bond donors (Lipinski definition) is 0. The third-order valence-electron chi connectivity index (χ3n) is 16.4. The van der Waals surface area contributed by atoms with Crippen LogP contribution in [0.3, 0.4) is 0 Å². The van der Waals surface area contributed by atoms with Gasteiger partial charge in [-0.05, 0) is 135 Å². The lowest BCUT2D eigenvalue weighted by atomic mass is 10.0. The second-order valence-corrected chi connectivity index (χ2v) is 26.9. The molecule has 0 N–H and O–H groups in total. The van der Waals surface area contributed by atoms with E-state index in [1.807, 2.05) is 21.1 Å². The minimum atomic E-state index is -1.64. The number of hydrogen-bond acceptors (Lipinski definition) is 8. The molecule has 0 heterocycles. The highest BCUT2D eigenvalue weighted by Crippen LogP contribution is 2.17. The van der Waals surface area contributed by atoms with Crippen molar-refractivity contribution in [2.24, 2.45) is 0 Å². The lowest BCUT2D eigenvalue weighted by Gasteiger charge is -2.26. The molecule has 0 saturated carbocycles. The summed E-state index contributed by atoms with van der Waals surface area (Å²) in [6.07, 6.45) is 112. The fraction of sp³-hybridized carbons (Fsp3) is 0.648. The lowest BCUT2D eigenvalue weighted by molar-refractivity contribution is -0.870. The minimum Gasteiger partial charge on any atom is -0.545 e. The predicted molar refractivity (Wildman–Crippen MR) is 416 cm³/mol. The molecule has 97 heavy (non-hydrogen) atoms. The average molecular weight is 1350 g/mol. The van der Waals surface area contributed by atoms with E-state index in [1.165, 1.54) is 161 Å². The van der Waals surface area contributed by atoms with Crippen LogP contribution < -0.4 is 5.11 Å². The van der Waals surface area contributed by atoms with Crippen LogP contribution in [0.5, 0.6) is 0 Å². The van der Waals surface area contributed by atoms with E-state index in [-0.39, 0.29) is 38.6 Å². The van der Waals surface area contributed by atoms with Crippen LogP contribution in [0, 0.1) is 0 Å². The van der Waals surface area contributed by atoms with Gasteiger partial charge in [0, 0.05) is 12.8 Å². The van der Waals surface area contributed by atoms with Crippen molar-refractivity contribution in [3.05, 3.63) is 170 Å². The first-order valence-corrected chi connectivity index (χ1v) is 39.3. The van der Waals surface area contributed by atoms with Crippen LogP contribution in [0.1, 0.15) is 309 Å². The number of carbonyl (C=O) groups excluding carboxylic acids is 3. The monoisotopic (exact) mass is 1340 g/mol. The predicted octanol–water partition coefficient (Wildman–Crippen LogP) is 24.0. The van der Waals surface area contributed by atoms with Crippen molar-refractivity contribution >= 4 is 17.9 Å². The molecule has 550 valence electrons. The topological polar surface area (TPSA) is 111 Å². The molecule has 9 nitrogen and oxygen atoms in total. The van der Waals surface area contributed by atoms with Crippen LogP contribution >= 0.6 is 0 Å². The van der Waals surface area contributed by atoms with Crippen LogP contribution in [0.2, 0.25) is 0 Å². The highest BCUT2D eigenvalue weighted by atomic mass is 16.7. The second-order valence-electron chi connectivity index (χ2n) is 26.9. The van der Waals surface area contributed by atoms with Gasteiger partial charge in [0.15, 0.2) is 12.4 Å². The number of nitrogens with zero attached hydrogens (tertiary/aromatic N) is 1. The van der Waals surface area contributed by atoms with E-state index in [1.54, 1.807) is 0 Å². The lowest BCUT2D eigenvalue weighted by Crippen LogP contribution is -2.44. The molecular formula is C88H145NO8. The maximum absolute atomic E-state index is 12.9. The molecule has 0 aliphatic rings. The minimum absolute atomic E-state index is 0.132. The summed E-state index contributed by atoms with van der Waals surface area (Å²) in [5.74, 6) is -2.35. The fourth-order valence-electron chi connectivity index (χ4n) is 10.5. The Morgan fingerprint density at radius 2 is 0.588 bits per heavy atom. The number of ether oxygens (including phenoxy) is 4. The summed E-state index contributed by atoms with van der Waals surface area (Å²) in [4.78, 5) is 37.6. The van der Waals surface area contributed by atoms with E-state index >= 15 is 0 Å². The molecule has 0 amide bonds. The molecule has 0 aliphatic heterocycles. The molecular weight excluding hydrogens is 1200 g/mol. The van der Waals surface area contributed by atoms with Crippen molar-refractivity contribution in [1.82, 2.24) is 0 Å². The third kappa shape index (κ3) is 77.9. The largest absolute Gasteiger partial charge is 0.545 e. The Kier molecular flexibility index (Phi) is 72.2. The molecule has 0 spiro atoms. The van der Waals surface area contributed by atoms with Gasteiger partial charge in [0.1, 0.15) is 13.2 Å². The van der Waals surface area contributed by atoms with Crippen molar-refractivity contribution in [2.75, 3.05) is 47.5 Å². The van der Waals surface area contributed by atoms with Crippen LogP contribution in [0.15, 0.2) is 170 Å². The van der Waals surface area contributed by atoms with Crippen molar-refractivity contribution in [3.63, 3.8) is 0 Å². The number of esters is 2. The normalized spacial score (nSPS) is 13.6. The summed E-state index contributed by atoms with van der Waals surface area (Å²) >= 11 is 0. The van der Waals surface area contributed by atoms with E-state index in [0.29, 0.717) is 17.4 Å². The molecule has 0 saturated heterocycles. The Balaban J connectivity index is 4.18. The van der Waals surface area contributed by atoms with Crippen LogP contribution in [0.25, 0.3) is 0 Å². The zero-order chi connectivity index (χ0) is 70.4. The van der Waals surface area contributed by atoms with Gasteiger partial charge in [-0.15, -0.1) is 0 Å². The zero-order valence-electron chi connectivity index (χ0n) is 62.9. The Labute approximate surface area is 597 Å². The van der Waals surface area contributed by atoms with Gasteiger partial charge in [-0.2, -0.15) is 0 Å². The average Bonchev–Trinajstić information content (AvgIpc) is 2.39. The smallest absolute Gasteiger partial charge is 0.306 e. The number of aliphatic carboxylic acids is 1. The van der Waals surface area contributed by atoms with Gasteiger partial charge < -0.3 is 33.3 Å². The van der Waals surface area contributed by atoms with Gasteiger partial charge >= 0.3 is 11.9 Å². The van der Waals surface area contributed by atoms with E-state index < -0.39 is 24.3 Å². The number of quaternary nitrogens is 1. The molecule has 0 aliphatic carbocycles. The van der Waals surface area contributed by atoms with E-state index in [9.17, 15) is 19.5 Å². The first-order valence-electron chi connectivity index (χ1n) is 39.3. The molecule has 0 aromatic carbocycles. The van der Waals surface area contributed by atoms with E-state index in [2.05, 4.69) is 184 Å². The zero-order valence-corrected chi connectivity index (χ0v) is 62.9. The Hall–Kier alpha value is -5.35. The maximum Gasteiger partial charge on any atom is 0.306 e. The summed E-state index contributed by atoms with van der Waals surface area (Å²) in [5, 5.41) is 11.9. The van der Waals surface area contributed by atoms with Crippen LogP contribution in [-0.2, 0) is 33.3 Å². The van der Waals surface area contributed by atoms with Crippen LogP contribution in [-0.4, -0.2) is 82.3 Å². The molecule has 0 rings (SSSR count). The number of carboxylic acid groups (broad SMARTS) is 1. The van der Waals surface area contributed by atoms with Gasteiger partial charge in [-0.3, -0.25) is 9.59 Å². The molecule has 0 aromatic rings. The molecule has 2 unspecified atom stereocenters. The molecule has 0 aromatic heterocycles. The van der Waals surface area contributed by atoms with E-state index in [4.69, 9.17) is 18.9 Å². The Bertz CT molecular complexity index is 2210. The molecule has 0 fully saturated rings. The highest BCUT2D eigenvalue weighted by Gasteiger charge is 2.22. The molecule has 0 bridgehead atoms. The van der Waals surface area contributed by atoms with E-state index in [0.717, 1.165) is 116 Å². The summed E-state index contributed by atoms with van der Waals surface area (Å²) in [5.41, 5.74) is 0. The Morgan fingerprint density at radius 1 is 0.320 bits per heavy atom. The SMILES string of the molecule is CC/C=C\C/C=C\C/C=C\C/C=C\C/C=C\C/C=C\C/C=C\C/C=C\C/C=C\C/C=C\C/C=C\C/C=C\CCCCC(=O)OC(COC(=O)CCCCCCCCCCCCCCCCCCCCCCC/C=C\C/C=C\CCCCCCC)COC(OCC[N+](C)(C)C)C(=O)[O-]. The van der Waals surface area contributed by atoms with Gasteiger partial charge in [0.2, 0.25) is 0 Å². The number of unbranched alkanes of at least 4 members (excludes halogenated alkanes) is 28. The standard InChI is InChI=1S/C88H145NO8/c1-6-8-10-12-14-16-18-20-22-24-26-28-30-32-34-36-38-40-41-42-43-44-45-47-49-51-53-55-57-59-61-63-65-67-69-71-73-75-77-79-86(91)97-84(83-96-88(87(92)93)94-81-80-89(3,4)5)82-95-85(90)78-76-74-72-70-68-66-64-62-60-58-56-54-52-50-48-46-39-37-35-33-31-29-27-25-23-21-19-17-15-13-11-9-7-2/h8,10,14,16,19-22,25-28,32,34,38,40,42-43,45,47,51,53,57,59,63,65,69,71,84,88H,6-7,9,11-13,15,17-18,23-24,29-31,33,35-37,39,41,44,46,48-50,52,54-56,58,60-62,64,66-68,70,72-83H2,1-5H3/b10-8-,16-14-,21-19-,22-20-,27-25-,28-26-,34-32-,40-38-,43-42-,47-45-,53-51-,59-57-,65-63-,71-69-. The molecule has 9 heteroatoms. The fourth-order valence-corrected chi connectivity index (χ4v) is 10.5. The number of carbonyl (C=O) groups is 3. The summed E-state index contributed by atoms with van der Waals surface area (Å²) in [6.45, 7) is 4.58. The summed E-state index contributed by atoms with van der Waals surface area (Å²) < 4.78 is 22.8. The maximum atomic E-state index is 12.9. The Morgan fingerprint density at radius 3 is 0.897 bits per heavy atom. The van der Waals surface area contributed by atoms with Crippen molar-refractivity contribution < 1.29 is 42.9 Å². The number of likely N-dealkylation sites (N-methyl/N-ethyl adjacent to an activating group) is 1.